The van der Waals surface area contributed by atoms with Gasteiger partial charge in [0, 0.05) is 30.3 Å². The molecule has 19 nitrogen and oxygen atoms in total. The Balaban J connectivity index is 0.798. The lowest BCUT2D eigenvalue weighted by Crippen LogP contribution is -2.63. The van der Waals surface area contributed by atoms with Gasteiger partial charge in [-0.2, -0.15) is 0 Å². The quantitative estimate of drug-likeness (QED) is 0.111. The molecule has 360 valence electrons. The molecule has 0 radical (unpaired) electrons. The highest BCUT2D eigenvalue weighted by atomic mass is 16.8. The van der Waals surface area contributed by atoms with Crippen LogP contribution in [0, 0.1) is 40.4 Å². The topological polar surface area (TPSA) is 296 Å². The first-order chi connectivity index (χ1) is 29.9. The van der Waals surface area contributed by atoms with Crippen LogP contribution < -0.4 is 0 Å². The molecule has 8 fully saturated rings. The maximum absolute atomic E-state index is 12.7. The van der Waals surface area contributed by atoms with E-state index in [1.54, 1.807) is 0 Å². The first-order valence-electron chi connectivity index (χ1n) is 23.2. The molecule has 1 spiro atoms. The molecular formula is C44H70O19. The van der Waals surface area contributed by atoms with Crippen molar-refractivity contribution in [2.24, 2.45) is 40.4 Å². The summed E-state index contributed by atoms with van der Waals surface area (Å²) in [5.74, 6) is 0.116. The second-order valence-corrected chi connectivity index (χ2v) is 20.7. The third-order valence-corrected chi connectivity index (χ3v) is 17.7. The first kappa shape index (κ1) is 47.1. The molecule has 9 rings (SSSR count). The molecule has 0 aromatic rings. The zero-order valence-corrected chi connectivity index (χ0v) is 36.3. The first-order valence-corrected chi connectivity index (χ1v) is 23.2. The van der Waals surface area contributed by atoms with Crippen LogP contribution in [-0.4, -0.2) is 199 Å². The van der Waals surface area contributed by atoms with Gasteiger partial charge in [0.25, 0.3) is 0 Å². The Kier molecular flexibility index (Phi) is 13.1. The van der Waals surface area contributed by atoms with Gasteiger partial charge in [0.05, 0.1) is 38.6 Å². The molecule has 5 saturated heterocycles. The zero-order valence-electron chi connectivity index (χ0n) is 36.3. The van der Waals surface area contributed by atoms with Crippen molar-refractivity contribution in [2.45, 2.75) is 188 Å². The number of ether oxygens (including phenoxy) is 8. The Bertz CT molecular complexity index is 1650. The summed E-state index contributed by atoms with van der Waals surface area (Å²) in [6.07, 6.45) is -12.6. The van der Waals surface area contributed by atoms with Crippen molar-refractivity contribution in [1.29, 1.82) is 0 Å². The fourth-order valence-corrected chi connectivity index (χ4v) is 13.7. The van der Waals surface area contributed by atoms with E-state index in [2.05, 4.69) is 26.8 Å². The number of fused-ring (bicyclic) bond motifs is 7. The lowest BCUT2D eigenvalue weighted by molar-refractivity contribution is -0.350. The van der Waals surface area contributed by atoms with E-state index in [1.807, 2.05) is 0 Å². The SMILES string of the molecule is C[C@@H]1[C@@]2(CC[C@@H](CO)CO2)O[C@H]2C[C@@H]3[C@@H]4CC=C5C[C@@H](O[C@@H]6O[C@H](CO[C@@H]7OC[C@@H](O[C@@H]8O[C@H](CO)[C@@H](O)[C@@H](O)[C@H]8O)[C@H](O)[C@H]7O)[C@@H](O)[C@@H](O)[C@H]6O)CC[C@]5(C)[C@H]4CC[C@]3(C)[C@]21O. The van der Waals surface area contributed by atoms with E-state index in [0.29, 0.717) is 37.7 Å². The van der Waals surface area contributed by atoms with Crippen molar-refractivity contribution in [2.75, 3.05) is 33.0 Å². The van der Waals surface area contributed by atoms with Crippen LogP contribution in [0.25, 0.3) is 0 Å². The highest BCUT2D eigenvalue weighted by Crippen LogP contribution is 2.72. The molecule has 0 amide bonds. The monoisotopic (exact) mass is 902 g/mol. The van der Waals surface area contributed by atoms with E-state index in [0.717, 1.165) is 38.5 Å². The summed E-state index contributed by atoms with van der Waals surface area (Å²) in [5, 5.41) is 117. The van der Waals surface area contributed by atoms with Gasteiger partial charge in [0.2, 0.25) is 0 Å². The fraction of sp³-hybridized carbons (Fsp3) is 0.955. The van der Waals surface area contributed by atoms with Crippen molar-refractivity contribution < 1.29 is 94.1 Å². The zero-order chi connectivity index (χ0) is 45.0. The van der Waals surface area contributed by atoms with Gasteiger partial charge in [0.1, 0.15) is 72.7 Å². The van der Waals surface area contributed by atoms with Crippen LogP contribution in [-0.2, 0) is 37.9 Å². The second kappa shape index (κ2) is 17.5. The highest BCUT2D eigenvalue weighted by Gasteiger charge is 2.76. The van der Waals surface area contributed by atoms with Gasteiger partial charge < -0.3 is 94.1 Å². The van der Waals surface area contributed by atoms with Gasteiger partial charge in [-0.3, -0.25) is 0 Å². The van der Waals surface area contributed by atoms with Crippen LogP contribution in [0.15, 0.2) is 11.6 Å². The fourth-order valence-electron chi connectivity index (χ4n) is 13.7. The van der Waals surface area contributed by atoms with Crippen LogP contribution >= 0.6 is 0 Å². The Hall–Kier alpha value is -1.02. The van der Waals surface area contributed by atoms with E-state index in [1.165, 1.54) is 5.57 Å². The van der Waals surface area contributed by atoms with Crippen molar-refractivity contribution in [3.8, 4) is 0 Å². The summed E-state index contributed by atoms with van der Waals surface area (Å²) in [7, 11) is 0. The standard InChI is InChI=1S/C44H70O19/c1-19-43(11-6-20(14-45)16-58-43)63-29-13-25-23-5-4-21-12-22(7-9-41(21,2)24(23)8-10-42(25,3)44(19,29)55)59-39-36(53)34(51)31(48)27(61-39)17-56-38-35(52)32(49)28(18-57-38)62-40-37(54)33(50)30(47)26(15-46)60-40/h4,19-20,22-40,45-55H,5-18H2,1-3H3/t19-,20+,22+,23-,24+,25-,26-,27-,28-,29+,30-,31-,32+,33-,34-,35-,36-,37-,38-,39-,40+,41+,42+,43-,44-/m1/s1. The minimum atomic E-state index is -1.74. The summed E-state index contributed by atoms with van der Waals surface area (Å²) in [5.41, 5.74) is -0.155. The molecule has 0 aromatic heterocycles. The van der Waals surface area contributed by atoms with E-state index >= 15 is 0 Å². The van der Waals surface area contributed by atoms with Gasteiger partial charge >= 0.3 is 0 Å². The maximum Gasteiger partial charge on any atom is 0.187 e. The lowest BCUT2D eigenvalue weighted by Gasteiger charge is -2.60. The summed E-state index contributed by atoms with van der Waals surface area (Å²) < 4.78 is 47.7. The summed E-state index contributed by atoms with van der Waals surface area (Å²) >= 11 is 0. The molecule has 11 N–H and O–H groups in total. The van der Waals surface area contributed by atoms with Crippen LogP contribution in [0.1, 0.15) is 78.6 Å². The number of hydrogen-bond acceptors (Lipinski definition) is 19. The predicted octanol–water partition coefficient (Wildman–Crippen LogP) is -2.09. The largest absolute Gasteiger partial charge is 0.396 e. The number of hydrogen-bond donors (Lipinski definition) is 11. The smallest absolute Gasteiger partial charge is 0.187 e. The Morgan fingerprint density at radius 1 is 0.714 bits per heavy atom. The van der Waals surface area contributed by atoms with Gasteiger partial charge in [-0.05, 0) is 74.5 Å². The summed E-state index contributed by atoms with van der Waals surface area (Å²) in [6.45, 7) is 5.73. The molecule has 4 aliphatic carbocycles. The molecule has 3 saturated carbocycles. The summed E-state index contributed by atoms with van der Waals surface area (Å²) in [4.78, 5) is 0. The van der Waals surface area contributed by atoms with Gasteiger partial charge in [-0.25, -0.2) is 0 Å². The average molecular weight is 903 g/mol. The highest BCUT2D eigenvalue weighted by molar-refractivity contribution is 5.29. The molecular weight excluding hydrogens is 832 g/mol. The van der Waals surface area contributed by atoms with Crippen LogP contribution in [0.2, 0.25) is 0 Å². The molecule has 19 heteroatoms. The number of allylic oxidation sites excluding steroid dienone is 1. The minimum Gasteiger partial charge on any atom is -0.396 e. The predicted molar refractivity (Wildman–Crippen MR) is 212 cm³/mol. The number of rotatable bonds is 9. The molecule has 0 bridgehead atoms. The molecule has 5 aliphatic heterocycles. The van der Waals surface area contributed by atoms with Gasteiger partial charge in [0.15, 0.2) is 24.7 Å². The number of aliphatic hydroxyl groups is 11. The minimum absolute atomic E-state index is 0.0848. The van der Waals surface area contributed by atoms with E-state index in [9.17, 15) is 56.2 Å². The second-order valence-electron chi connectivity index (χ2n) is 20.7. The van der Waals surface area contributed by atoms with Crippen LogP contribution in [0.5, 0.6) is 0 Å². The van der Waals surface area contributed by atoms with Crippen LogP contribution in [0.4, 0.5) is 0 Å². The van der Waals surface area contributed by atoms with E-state index in [-0.39, 0.29) is 54.0 Å². The summed E-state index contributed by atoms with van der Waals surface area (Å²) in [6, 6.07) is 0. The van der Waals surface area contributed by atoms with Crippen LogP contribution in [0.3, 0.4) is 0 Å². The molecule has 0 aromatic carbocycles. The number of aliphatic hydroxyl groups excluding tert-OH is 10. The Morgan fingerprint density at radius 3 is 2.08 bits per heavy atom. The maximum atomic E-state index is 12.7. The van der Waals surface area contributed by atoms with Gasteiger partial charge in [-0.1, -0.05) is 32.4 Å². The lowest BCUT2D eigenvalue weighted by atomic mass is 9.46. The molecule has 0 unspecified atom stereocenters. The Labute approximate surface area is 366 Å². The van der Waals surface area contributed by atoms with Crippen molar-refractivity contribution >= 4 is 0 Å². The molecule has 25 atom stereocenters. The van der Waals surface area contributed by atoms with Crippen molar-refractivity contribution in [3.05, 3.63) is 11.6 Å². The average Bonchev–Trinajstić information content (AvgIpc) is 3.63. The normalized spacial score (nSPS) is 56.9. The van der Waals surface area contributed by atoms with Crippen molar-refractivity contribution in [3.63, 3.8) is 0 Å². The Morgan fingerprint density at radius 2 is 1.40 bits per heavy atom. The molecule has 5 heterocycles. The third-order valence-electron chi connectivity index (χ3n) is 17.7. The van der Waals surface area contributed by atoms with Gasteiger partial charge in [-0.15, -0.1) is 0 Å². The van der Waals surface area contributed by atoms with Crippen molar-refractivity contribution in [1.82, 2.24) is 0 Å². The van der Waals surface area contributed by atoms with E-state index in [4.69, 9.17) is 37.9 Å². The third kappa shape index (κ3) is 7.52. The molecule has 63 heavy (non-hydrogen) atoms. The van der Waals surface area contributed by atoms with E-state index < -0.39 is 111 Å². The molecule has 9 aliphatic rings.